The van der Waals surface area contributed by atoms with Crippen molar-refractivity contribution in [3.8, 4) is 6.07 Å². The van der Waals surface area contributed by atoms with Gasteiger partial charge in [0.25, 0.3) is 0 Å². The molecule has 2 aromatic rings. The second-order valence-corrected chi connectivity index (χ2v) is 5.99. The van der Waals surface area contributed by atoms with Crippen LogP contribution in [0.1, 0.15) is 32.3 Å². The molecule has 0 aliphatic carbocycles. The molecule has 19 heavy (non-hydrogen) atoms. The smallest absolute Gasteiger partial charge is 0.0982 e. The van der Waals surface area contributed by atoms with E-state index in [1.807, 2.05) is 63.2 Å². The molecule has 0 spiro atoms. The van der Waals surface area contributed by atoms with Gasteiger partial charge in [-0.1, -0.05) is 63.2 Å². The zero-order valence-corrected chi connectivity index (χ0v) is 11.6. The van der Waals surface area contributed by atoms with Crippen molar-refractivity contribution in [1.82, 2.24) is 0 Å². The number of nitrogens with zero attached hydrogens (tertiary/aromatic N) is 1. The summed E-state index contributed by atoms with van der Waals surface area (Å²) < 4.78 is 0. The van der Waals surface area contributed by atoms with Crippen LogP contribution in [0.25, 0.3) is 10.8 Å². The highest BCUT2D eigenvalue weighted by molar-refractivity contribution is 5.86. The maximum absolute atomic E-state index is 10.4. The number of hydrogen-bond donors (Lipinski definition) is 1. The van der Waals surface area contributed by atoms with Crippen LogP contribution in [-0.2, 0) is 0 Å². The summed E-state index contributed by atoms with van der Waals surface area (Å²) in [4.78, 5) is 0. The van der Waals surface area contributed by atoms with E-state index in [2.05, 4.69) is 6.07 Å². The SMILES string of the molecule is CC(C)(C)[C@H](O)[C@@H](C#N)c1cccc2ccccc12. The lowest BCUT2D eigenvalue weighted by atomic mass is 9.78. The van der Waals surface area contributed by atoms with Crippen molar-refractivity contribution < 1.29 is 5.11 Å². The Morgan fingerprint density at radius 1 is 1.05 bits per heavy atom. The predicted molar refractivity (Wildman–Crippen MR) is 77.8 cm³/mol. The molecule has 0 unspecified atom stereocenters. The Balaban J connectivity index is 2.57. The topological polar surface area (TPSA) is 44.0 Å². The highest BCUT2D eigenvalue weighted by Gasteiger charge is 2.32. The minimum Gasteiger partial charge on any atom is -0.391 e. The maximum atomic E-state index is 10.4. The van der Waals surface area contributed by atoms with Gasteiger partial charge in [-0.3, -0.25) is 0 Å². The molecule has 0 amide bonds. The average Bonchev–Trinajstić information content (AvgIpc) is 2.38. The van der Waals surface area contributed by atoms with Crippen molar-refractivity contribution >= 4 is 10.8 Å². The summed E-state index contributed by atoms with van der Waals surface area (Å²) in [7, 11) is 0. The van der Waals surface area contributed by atoms with Gasteiger partial charge in [-0.15, -0.1) is 0 Å². The van der Waals surface area contributed by atoms with Crippen LogP contribution in [0.2, 0.25) is 0 Å². The van der Waals surface area contributed by atoms with E-state index in [0.717, 1.165) is 16.3 Å². The van der Waals surface area contributed by atoms with E-state index in [0.29, 0.717) is 0 Å². The molecule has 0 aliphatic heterocycles. The minimum atomic E-state index is -0.691. The Morgan fingerprint density at radius 2 is 1.68 bits per heavy atom. The van der Waals surface area contributed by atoms with Crippen LogP contribution in [0.3, 0.4) is 0 Å². The molecule has 0 aliphatic rings. The lowest BCUT2D eigenvalue weighted by molar-refractivity contribution is 0.0530. The maximum Gasteiger partial charge on any atom is 0.0982 e. The van der Waals surface area contributed by atoms with Gasteiger partial charge in [-0.05, 0) is 21.8 Å². The third kappa shape index (κ3) is 2.62. The standard InChI is InChI=1S/C17H19NO/c1-17(2,3)16(19)15(11-18)14-10-6-8-12-7-4-5-9-13(12)14/h4-10,15-16,19H,1-3H3/t15-,16+/m0/s1. The third-order valence-corrected chi connectivity index (χ3v) is 3.50. The summed E-state index contributed by atoms with van der Waals surface area (Å²) in [6.07, 6.45) is -0.691. The second-order valence-electron chi connectivity index (χ2n) is 5.99. The van der Waals surface area contributed by atoms with Crippen molar-refractivity contribution in [3.63, 3.8) is 0 Å². The number of benzene rings is 2. The van der Waals surface area contributed by atoms with E-state index in [4.69, 9.17) is 0 Å². The van der Waals surface area contributed by atoms with Gasteiger partial charge in [0.2, 0.25) is 0 Å². The van der Waals surface area contributed by atoms with Crippen molar-refractivity contribution in [2.75, 3.05) is 0 Å². The lowest BCUT2D eigenvalue weighted by Gasteiger charge is -2.30. The monoisotopic (exact) mass is 253 g/mol. The van der Waals surface area contributed by atoms with Crippen LogP contribution in [0, 0.1) is 16.7 Å². The van der Waals surface area contributed by atoms with E-state index >= 15 is 0 Å². The second kappa shape index (κ2) is 5.03. The molecule has 0 aromatic heterocycles. The molecule has 2 atom stereocenters. The van der Waals surface area contributed by atoms with E-state index in [9.17, 15) is 10.4 Å². The number of aliphatic hydroxyl groups is 1. The van der Waals surface area contributed by atoms with E-state index in [1.165, 1.54) is 0 Å². The predicted octanol–water partition coefficient (Wildman–Crippen LogP) is 3.85. The molecule has 0 bridgehead atoms. The summed E-state index contributed by atoms with van der Waals surface area (Å²) in [5.74, 6) is -0.508. The Labute approximate surface area is 114 Å². The van der Waals surface area contributed by atoms with E-state index < -0.39 is 12.0 Å². The highest BCUT2D eigenvalue weighted by Crippen LogP contribution is 2.34. The molecule has 0 radical (unpaired) electrons. The van der Waals surface area contributed by atoms with Gasteiger partial charge in [0, 0.05) is 0 Å². The Morgan fingerprint density at radius 3 is 2.32 bits per heavy atom. The van der Waals surface area contributed by atoms with Gasteiger partial charge >= 0.3 is 0 Å². The molecule has 0 fully saturated rings. The zero-order valence-electron chi connectivity index (χ0n) is 11.6. The number of hydrogen-bond acceptors (Lipinski definition) is 2. The van der Waals surface area contributed by atoms with Crippen molar-refractivity contribution in [2.24, 2.45) is 5.41 Å². The summed E-state index contributed by atoms with van der Waals surface area (Å²) in [5.41, 5.74) is 0.583. The summed E-state index contributed by atoms with van der Waals surface area (Å²) in [6.45, 7) is 5.85. The average molecular weight is 253 g/mol. The van der Waals surface area contributed by atoms with Gasteiger partial charge in [0.15, 0.2) is 0 Å². The fourth-order valence-corrected chi connectivity index (χ4v) is 2.33. The third-order valence-electron chi connectivity index (χ3n) is 3.50. The summed E-state index contributed by atoms with van der Waals surface area (Å²) in [6, 6.07) is 16.1. The van der Waals surface area contributed by atoms with Crippen LogP contribution in [0.15, 0.2) is 42.5 Å². The van der Waals surface area contributed by atoms with Crippen LogP contribution in [0.4, 0.5) is 0 Å². The molecule has 2 rings (SSSR count). The van der Waals surface area contributed by atoms with Gasteiger partial charge < -0.3 is 5.11 Å². The number of fused-ring (bicyclic) bond motifs is 1. The fourth-order valence-electron chi connectivity index (χ4n) is 2.33. The molecule has 0 heterocycles. The lowest BCUT2D eigenvalue weighted by Crippen LogP contribution is -2.31. The molecular weight excluding hydrogens is 234 g/mol. The molecule has 0 saturated heterocycles. The first-order chi connectivity index (χ1) is 8.95. The minimum absolute atomic E-state index is 0.322. The van der Waals surface area contributed by atoms with Gasteiger partial charge in [0.1, 0.15) is 0 Å². The van der Waals surface area contributed by atoms with Crippen molar-refractivity contribution in [2.45, 2.75) is 32.8 Å². The number of rotatable bonds is 2. The molecule has 2 heteroatoms. The normalized spacial score (nSPS) is 14.9. The quantitative estimate of drug-likeness (QED) is 0.883. The molecule has 2 nitrogen and oxygen atoms in total. The molecule has 2 aromatic carbocycles. The zero-order chi connectivity index (χ0) is 14.0. The van der Waals surface area contributed by atoms with Crippen LogP contribution in [0.5, 0.6) is 0 Å². The van der Waals surface area contributed by atoms with Crippen molar-refractivity contribution in [1.29, 1.82) is 5.26 Å². The van der Waals surface area contributed by atoms with E-state index in [1.54, 1.807) is 0 Å². The van der Waals surface area contributed by atoms with Crippen LogP contribution >= 0.6 is 0 Å². The van der Waals surface area contributed by atoms with Crippen LogP contribution in [-0.4, -0.2) is 11.2 Å². The number of aliphatic hydroxyl groups excluding tert-OH is 1. The van der Waals surface area contributed by atoms with Gasteiger partial charge in [0.05, 0.1) is 18.1 Å². The van der Waals surface area contributed by atoms with Crippen LogP contribution < -0.4 is 0 Å². The fraction of sp³-hybridized carbons (Fsp3) is 0.353. The largest absolute Gasteiger partial charge is 0.391 e. The van der Waals surface area contributed by atoms with Gasteiger partial charge in [-0.25, -0.2) is 0 Å². The summed E-state index contributed by atoms with van der Waals surface area (Å²) >= 11 is 0. The molecular formula is C17H19NO. The number of nitriles is 1. The van der Waals surface area contributed by atoms with E-state index in [-0.39, 0.29) is 5.41 Å². The molecule has 1 N–H and O–H groups in total. The Bertz CT molecular complexity index is 614. The highest BCUT2D eigenvalue weighted by atomic mass is 16.3. The molecule has 0 saturated carbocycles. The van der Waals surface area contributed by atoms with Gasteiger partial charge in [-0.2, -0.15) is 5.26 Å². The first-order valence-electron chi connectivity index (χ1n) is 6.50. The Kier molecular flexibility index (Phi) is 3.59. The first kappa shape index (κ1) is 13.6. The molecule has 98 valence electrons. The Hall–Kier alpha value is -1.85. The van der Waals surface area contributed by atoms with Crippen molar-refractivity contribution in [3.05, 3.63) is 48.0 Å². The summed E-state index contributed by atoms with van der Waals surface area (Å²) in [5, 5.41) is 22.0. The first-order valence-corrected chi connectivity index (χ1v) is 6.50.